The van der Waals surface area contributed by atoms with E-state index in [1.54, 1.807) is 0 Å². The molecule has 1 saturated heterocycles. The highest BCUT2D eigenvalue weighted by molar-refractivity contribution is 5.80. The average molecular weight is 522 g/mol. The Morgan fingerprint density at radius 1 is 0.861 bits per heavy atom. The first kappa shape index (κ1) is 29.8. The van der Waals surface area contributed by atoms with Crippen molar-refractivity contribution in [3.8, 4) is 11.5 Å². The molecule has 0 radical (unpaired) electrons. The van der Waals surface area contributed by atoms with E-state index in [2.05, 4.69) is 0 Å². The number of aromatic hydroxyl groups is 1. The van der Waals surface area contributed by atoms with Crippen LogP contribution >= 0.6 is 0 Å². The summed E-state index contributed by atoms with van der Waals surface area (Å²) in [4.78, 5) is 11.2. The Labute approximate surface area is 202 Å². The van der Waals surface area contributed by atoms with Gasteiger partial charge in [0.15, 0.2) is 11.5 Å². The van der Waals surface area contributed by atoms with E-state index in [4.69, 9.17) is 49.6 Å². The zero-order chi connectivity index (χ0) is 27.2. The molecule has 1 aromatic heterocycles. The molecule has 0 unspecified atom stereocenters. The Bertz CT molecular complexity index is 996. The Morgan fingerprint density at radius 2 is 1.44 bits per heavy atom. The Balaban J connectivity index is 0.000000324. The summed E-state index contributed by atoms with van der Waals surface area (Å²) in [6.07, 6.45) is -13.7. The second-order valence-electron chi connectivity index (χ2n) is 7.91. The lowest BCUT2D eigenvalue weighted by atomic mass is 9.99. The minimum Gasteiger partial charge on any atom is -0.504 e. The number of hydrogen-bond acceptors (Lipinski definition) is 15. The van der Waals surface area contributed by atoms with Crippen LogP contribution in [0.3, 0.4) is 0 Å². The average Bonchev–Trinajstić information content (AvgIpc) is 2.87. The SMILES string of the molecule is O=c1ccc2cc(O[C@@H]3O[C@H](CO)[C@@H](O)[C@H](O)[C@H]3O)c(O)cc2o1.OC[C@@H](O)[C@@H](O)[C@H](O)[C@H](O)CO. The van der Waals surface area contributed by atoms with Crippen LogP contribution < -0.4 is 10.4 Å². The predicted octanol–water partition coefficient (Wildman–Crippen LogP) is -4.91. The maximum atomic E-state index is 11.2. The number of aliphatic hydroxyl groups is 10. The number of ether oxygens (including phenoxy) is 2. The van der Waals surface area contributed by atoms with Gasteiger partial charge in [0, 0.05) is 17.5 Å². The normalized spacial score (nSPS) is 27.4. The minimum atomic E-state index is -1.67. The van der Waals surface area contributed by atoms with Gasteiger partial charge >= 0.3 is 5.63 Å². The molecular formula is C21H30O15. The van der Waals surface area contributed by atoms with E-state index < -0.39 is 80.6 Å². The summed E-state index contributed by atoms with van der Waals surface area (Å²) in [7, 11) is 0. The van der Waals surface area contributed by atoms with Crippen molar-refractivity contribution in [2.45, 2.75) is 55.1 Å². The fourth-order valence-electron chi connectivity index (χ4n) is 3.14. The maximum absolute atomic E-state index is 11.2. The van der Waals surface area contributed by atoms with Gasteiger partial charge in [-0.2, -0.15) is 0 Å². The molecule has 15 nitrogen and oxygen atoms in total. The van der Waals surface area contributed by atoms with Gasteiger partial charge in [-0.15, -0.1) is 0 Å². The van der Waals surface area contributed by atoms with Gasteiger partial charge in [0.2, 0.25) is 6.29 Å². The Hall–Kier alpha value is -2.41. The second kappa shape index (κ2) is 13.2. The second-order valence-corrected chi connectivity index (χ2v) is 7.91. The third kappa shape index (κ3) is 7.09. The first-order valence-corrected chi connectivity index (χ1v) is 10.6. The smallest absolute Gasteiger partial charge is 0.336 e. The summed E-state index contributed by atoms with van der Waals surface area (Å²) < 4.78 is 15.5. The molecule has 1 aromatic carbocycles. The van der Waals surface area contributed by atoms with Crippen LogP contribution in [-0.2, 0) is 4.74 Å². The van der Waals surface area contributed by atoms with Gasteiger partial charge in [-0.05, 0) is 12.1 Å². The van der Waals surface area contributed by atoms with Crippen LogP contribution in [0, 0.1) is 0 Å². The third-order valence-corrected chi connectivity index (χ3v) is 5.30. The van der Waals surface area contributed by atoms with Crippen LogP contribution in [0.1, 0.15) is 0 Å². The predicted molar refractivity (Wildman–Crippen MR) is 117 cm³/mol. The van der Waals surface area contributed by atoms with Crippen molar-refractivity contribution in [3.63, 3.8) is 0 Å². The monoisotopic (exact) mass is 522 g/mol. The van der Waals surface area contributed by atoms with Crippen molar-refractivity contribution in [2.24, 2.45) is 0 Å². The molecule has 1 aliphatic rings. The third-order valence-electron chi connectivity index (χ3n) is 5.30. The molecule has 0 aliphatic carbocycles. The Morgan fingerprint density at radius 3 is 1.97 bits per heavy atom. The molecule has 3 rings (SSSR count). The lowest BCUT2D eigenvalue weighted by Crippen LogP contribution is -2.60. The van der Waals surface area contributed by atoms with Gasteiger partial charge in [0.05, 0.1) is 19.8 Å². The summed E-state index contributed by atoms with van der Waals surface area (Å²) in [5.41, 5.74) is -0.439. The number of benzene rings is 1. The number of phenolic OH excluding ortho intramolecular Hbond substituents is 1. The van der Waals surface area contributed by atoms with Crippen LogP contribution in [0.25, 0.3) is 11.0 Å². The standard InChI is InChI=1S/C15H16O9.C6H14O6/c16-5-10-12(19)13(20)14(21)15(24-10)23-9-3-6-1-2-11(18)22-8(6)4-7(9)17;7-1-3(9)5(11)6(12)4(10)2-8/h1-4,10,12-17,19-21H,5H2;3-12H,1-2H2/t10-,12-,13+,14-,15-;3-,4-,5-,6-/m11/s1. The molecule has 0 amide bonds. The number of aliphatic hydroxyl groups excluding tert-OH is 10. The van der Waals surface area contributed by atoms with Crippen molar-refractivity contribution in [1.29, 1.82) is 0 Å². The molecule has 36 heavy (non-hydrogen) atoms. The van der Waals surface area contributed by atoms with Crippen LogP contribution in [0.5, 0.6) is 11.5 Å². The molecule has 1 fully saturated rings. The van der Waals surface area contributed by atoms with Gasteiger partial charge in [-0.3, -0.25) is 0 Å². The van der Waals surface area contributed by atoms with Crippen molar-refractivity contribution in [3.05, 3.63) is 34.7 Å². The summed E-state index contributed by atoms with van der Waals surface area (Å²) in [5.74, 6) is -0.477. The molecule has 2 aromatic rings. The largest absolute Gasteiger partial charge is 0.504 e. The molecular weight excluding hydrogens is 492 g/mol. The van der Waals surface area contributed by atoms with E-state index in [-0.39, 0.29) is 17.1 Å². The molecule has 15 heteroatoms. The van der Waals surface area contributed by atoms with Gasteiger partial charge in [-0.25, -0.2) is 4.79 Å². The molecule has 0 saturated carbocycles. The van der Waals surface area contributed by atoms with Crippen molar-refractivity contribution in [1.82, 2.24) is 0 Å². The maximum Gasteiger partial charge on any atom is 0.336 e. The summed E-state index contributed by atoms with van der Waals surface area (Å²) in [6.45, 7) is -2.05. The number of rotatable bonds is 8. The van der Waals surface area contributed by atoms with E-state index in [1.165, 1.54) is 18.2 Å². The molecule has 1 aliphatic heterocycles. The zero-order valence-electron chi connectivity index (χ0n) is 18.7. The van der Waals surface area contributed by atoms with Gasteiger partial charge < -0.3 is 70.1 Å². The van der Waals surface area contributed by atoms with E-state index in [0.717, 1.165) is 6.07 Å². The molecule has 204 valence electrons. The van der Waals surface area contributed by atoms with Crippen LogP contribution in [-0.4, -0.2) is 131 Å². The van der Waals surface area contributed by atoms with Crippen molar-refractivity contribution < 1.29 is 70.1 Å². The van der Waals surface area contributed by atoms with E-state index in [0.29, 0.717) is 5.39 Å². The van der Waals surface area contributed by atoms with Crippen LogP contribution in [0.15, 0.2) is 33.5 Å². The first-order valence-electron chi connectivity index (χ1n) is 10.6. The molecule has 11 N–H and O–H groups in total. The first-order chi connectivity index (χ1) is 16.9. The molecule has 0 spiro atoms. The zero-order valence-corrected chi connectivity index (χ0v) is 18.7. The lowest BCUT2D eigenvalue weighted by Gasteiger charge is -2.39. The van der Waals surface area contributed by atoms with Crippen LogP contribution in [0.4, 0.5) is 0 Å². The highest BCUT2D eigenvalue weighted by atomic mass is 16.7. The highest BCUT2D eigenvalue weighted by Crippen LogP contribution is 2.33. The Kier molecular flexibility index (Phi) is 11.0. The summed E-state index contributed by atoms with van der Waals surface area (Å²) in [6, 6.07) is 5.17. The summed E-state index contributed by atoms with van der Waals surface area (Å²) in [5, 5.41) is 101. The highest BCUT2D eigenvalue weighted by Gasteiger charge is 2.45. The summed E-state index contributed by atoms with van der Waals surface area (Å²) >= 11 is 0. The quantitative estimate of drug-likeness (QED) is 0.145. The molecule has 9 atom stereocenters. The minimum absolute atomic E-state index is 0.0966. The topological polar surface area (TPSA) is 271 Å². The van der Waals surface area contributed by atoms with Crippen molar-refractivity contribution >= 4 is 11.0 Å². The number of fused-ring (bicyclic) bond motifs is 1. The van der Waals surface area contributed by atoms with E-state index >= 15 is 0 Å². The van der Waals surface area contributed by atoms with Gasteiger partial charge in [0.1, 0.15) is 54.4 Å². The lowest BCUT2D eigenvalue weighted by molar-refractivity contribution is -0.277. The van der Waals surface area contributed by atoms with E-state index in [9.17, 15) is 25.2 Å². The molecule has 2 heterocycles. The van der Waals surface area contributed by atoms with E-state index in [1.807, 2.05) is 0 Å². The van der Waals surface area contributed by atoms with Gasteiger partial charge in [-0.1, -0.05) is 0 Å². The number of phenols is 1. The number of hydrogen-bond donors (Lipinski definition) is 11. The van der Waals surface area contributed by atoms with Gasteiger partial charge in [0.25, 0.3) is 0 Å². The fraction of sp³-hybridized carbons (Fsp3) is 0.571. The van der Waals surface area contributed by atoms with Crippen molar-refractivity contribution in [2.75, 3.05) is 19.8 Å². The molecule has 0 bridgehead atoms. The fourth-order valence-corrected chi connectivity index (χ4v) is 3.14. The van der Waals surface area contributed by atoms with Crippen LogP contribution in [0.2, 0.25) is 0 Å².